The lowest BCUT2D eigenvalue weighted by Crippen LogP contribution is -2.01. The van der Waals surface area contributed by atoms with Crippen molar-refractivity contribution in [1.82, 2.24) is 9.55 Å². The topological polar surface area (TPSA) is 43.8 Å². The molecule has 1 aromatic heterocycles. The van der Waals surface area contributed by atoms with Crippen LogP contribution in [0, 0.1) is 20.8 Å². The highest BCUT2D eigenvalue weighted by molar-refractivity contribution is 5.38. The largest absolute Gasteiger partial charge is 0.326 e. The normalized spacial score (nSPS) is 10.8. The van der Waals surface area contributed by atoms with E-state index in [1.165, 1.54) is 5.69 Å². The van der Waals surface area contributed by atoms with Crippen LogP contribution < -0.4 is 5.73 Å². The van der Waals surface area contributed by atoms with Crippen LogP contribution in [-0.2, 0) is 6.54 Å². The fourth-order valence-corrected chi connectivity index (χ4v) is 1.94. The van der Waals surface area contributed by atoms with E-state index in [2.05, 4.69) is 40.7 Å². The molecule has 0 radical (unpaired) electrons. The fraction of sp³-hybridized carbons (Fsp3) is 0.308. The Balaban J connectivity index is 2.50. The number of aromatic nitrogens is 2. The van der Waals surface area contributed by atoms with E-state index in [0.717, 1.165) is 22.8 Å². The molecule has 2 aromatic rings. The van der Waals surface area contributed by atoms with Gasteiger partial charge in [0.2, 0.25) is 0 Å². The molecule has 0 saturated heterocycles. The van der Waals surface area contributed by atoms with Gasteiger partial charge in [-0.1, -0.05) is 12.1 Å². The molecule has 0 aliphatic rings. The van der Waals surface area contributed by atoms with Crippen molar-refractivity contribution in [2.45, 2.75) is 27.3 Å². The maximum atomic E-state index is 5.58. The van der Waals surface area contributed by atoms with Crippen molar-refractivity contribution in [2.24, 2.45) is 5.73 Å². The molecule has 0 aliphatic carbocycles. The van der Waals surface area contributed by atoms with Gasteiger partial charge in [-0.3, -0.25) is 0 Å². The lowest BCUT2D eigenvalue weighted by atomic mass is 10.2. The average molecular weight is 215 g/mol. The van der Waals surface area contributed by atoms with E-state index >= 15 is 0 Å². The van der Waals surface area contributed by atoms with E-state index in [9.17, 15) is 0 Å². The molecular weight excluding hydrogens is 198 g/mol. The maximum Gasteiger partial charge on any atom is 0.110 e. The molecule has 0 atom stereocenters. The Morgan fingerprint density at radius 3 is 2.19 bits per heavy atom. The second-order valence-corrected chi connectivity index (χ2v) is 4.04. The summed E-state index contributed by atoms with van der Waals surface area (Å²) in [5.41, 5.74) is 10.2. The molecule has 0 aliphatic heterocycles. The van der Waals surface area contributed by atoms with Gasteiger partial charge in [0.15, 0.2) is 0 Å². The summed E-state index contributed by atoms with van der Waals surface area (Å²) in [5.74, 6) is 1.02. The van der Waals surface area contributed by atoms with Crippen LogP contribution in [0.2, 0.25) is 0 Å². The van der Waals surface area contributed by atoms with E-state index < -0.39 is 0 Å². The Hall–Kier alpha value is -1.61. The predicted molar refractivity (Wildman–Crippen MR) is 65.7 cm³/mol. The van der Waals surface area contributed by atoms with Gasteiger partial charge in [-0.25, -0.2) is 4.98 Å². The Labute approximate surface area is 95.9 Å². The lowest BCUT2D eigenvalue weighted by Gasteiger charge is -2.08. The molecule has 2 rings (SSSR count). The number of aryl methyl sites for hydroxylation is 2. The summed E-state index contributed by atoms with van der Waals surface area (Å²) in [7, 11) is 0. The number of rotatable bonds is 2. The Bertz CT molecular complexity index is 495. The molecule has 0 amide bonds. The number of hydrogen-bond donors (Lipinski definition) is 1. The van der Waals surface area contributed by atoms with Crippen LogP contribution >= 0.6 is 0 Å². The van der Waals surface area contributed by atoms with Crippen molar-refractivity contribution in [3.8, 4) is 5.69 Å². The Morgan fingerprint density at radius 1 is 1.12 bits per heavy atom. The molecule has 0 bridgehead atoms. The van der Waals surface area contributed by atoms with E-state index in [4.69, 9.17) is 5.73 Å². The number of nitrogens with zero attached hydrogens (tertiary/aromatic N) is 2. The molecule has 16 heavy (non-hydrogen) atoms. The van der Waals surface area contributed by atoms with Crippen molar-refractivity contribution in [3.05, 3.63) is 47.0 Å². The van der Waals surface area contributed by atoms with Gasteiger partial charge in [0, 0.05) is 17.9 Å². The SMILES string of the molecule is Cc1nc(C)n(-c2ccc(CN)cc2)c1C. The highest BCUT2D eigenvalue weighted by atomic mass is 15.1. The zero-order valence-corrected chi connectivity index (χ0v) is 9.99. The van der Waals surface area contributed by atoms with E-state index in [1.807, 2.05) is 13.8 Å². The van der Waals surface area contributed by atoms with Crippen LogP contribution in [0.15, 0.2) is 24.3 Å². The first-order valence-electron chi connectivity index (χ1n) is 5.45. The van der Waals surface area contributed by atoms with Gasteiger partial charge in [0.05, 0.1) is 5.69 Å². The number of nitrogens with two attached hydrogens (primary N) is 1. The van der Waals surface area contributed by atoms with Crippen LogP contribution in [0.3, 0.4) is 0 Å². The molecule has 84 valence electrons. The van der Waals surface area contributed by atoms with Gasteiger partial charge in [0.25, 0.3) is 0 Å². The van der Waals surface area contributed by atoms with E-state index in [0.29, 0.717) is 6.54 Å². The quantitative estimate of drug-likeness (QED) is 0.835. The lowest BCUT2D eigenvalue weighted by molar-refractivity contribution is 0.937. The van der Waals surface area contributed by atoms with Gasteiger partial charge < -0.3 is 10.3 Å². The summed E-state index contributed by atoms with van der Waals surface area (Å²) in [5, 5.41) is 0. The second kappa shape index (κ2) is 4.10. The van der Waals surface area contributed by atoms with Crippen LogP contribution in [0.5, 0.6) is 0 Å². The molecule has 1 heterocycles. The highest BCUT2D eigenvalue weighted by Gasteiger charge is 2.08. The molecule has 3 heteroatoms. The van der Waals surface area contributed by atoms with Gasteiger partial charge in [-0.2, -0.15) is 0 Å². The minimum absolute atomic E-state index is 0.585. The summed E-state index contributed by atoms with van der Waals surface area (Å²) < 4.78 is 2.16. The molecule has 2 N–H and O–H groups in total. The van der Waals surface area contributed by atoms with Crippen molar-refractivity contribution in [2.75, 3.05) is 0 Å². The smallest absolute Gasteiger partial charge is 0.110 e. The average Bonchev–Trinajstić information content (AvgIpc) is 2.54. The van der Waals surface area contributed by atoms with Crippen LogP contribution in [-0.4, -0.2) is 9.55 Å². The van der Waals surface area contributed by atoms with Crippen molar-refractivity contribution >= 4 is 0 Å². The summed E-state index contributed by atoms with van der Waals surface area (Å²) in [4.78, 5) is 4.47. The van der Waals surface area contributed by atoms with E-state index in [1.54, 1.807) is 0 Å². The highest BCUT2D eigenvalue weighted by Crippen LogP contribution is 2.17. The third-order valence-electron chi connectivity index (χ3n) is 2.94. The first-order valence-corrected chi connectivity index (χ1v) is 5.45. The Kier molecular flexibility index (Phi) is 2.79. The van der Waals surface area contributed by atoms with Crippen LogP contribution in [0.25, 0.3) is 5.69 Å². The van der Waals surface area contributed by atoms with Crippen LogP contribution in [0.4, 0.5) is 0 Å². The first-order chi connectivity index (χ1) is 7.63. The molecule has 0 fully saturated rings. The predicted octanol–water partition coefficient (Wildman–Crippen LogP) is 2.26. The van der Waals surface area contributed by atoms with Crippen molar-refractivity contribution in [3.63, 3.8) is 0 Å². The summed E-state index contributed by atoms with van der Waals surface area (Å²) in [6, 6.07) is 8.29. The Morgan fingerprint density at radius 2 is 1.75 bits per heavy atom. The molecule has 1 aromatic carbocycles. The van der Waals surface area contributed by atoms with Gasteiger partial charge >= 0.3 is 0 Å². The third kappa shape index (κ3) is 1.74. The van der Waals surface area contributed by atoms with Gasteiger partial charge in [0.1, 0.15) is 5.82 Å². The van der Waals surface area contributed by atoms with Crippen molar-refractivity contribution in [1.29, 1.82) is 0 Å². The molecular formula is C13H17N3. The molecule has 3 nitrogen and oxygen atoms in total. The number of benzene rings is 1. The third-order valence-corrected chi connectivity index (χ3v) is 2.94. The van der Waals surface area contributed by atoms with Gasteiger partial charge in [-0.15, -0.1) is 0 Å². The standard InChI is InChI=1S/C13H17N3/c1-9-10(2)16(11(3)15-9)13-6-4-12(8-14)5-7-13/h4-7H,8,14H2,1-3H3. The number of hydrogen-bond acceptors (Lipinski definition) is 2. The molecule has 0 spiro atoms. The van der Waals surface area contributed by atoms with E-state index in [-0.39, 0.29) is 0 Å². The summed E-state index contributed by atoms with van der Waals surface area (Å²) in [6.07, 6.45) is 0. The summed E-state index contributed by atoms with van der Waals surface area (Å²) in [6.45, 7) is 6.73. The first kappa shape index (κ1) is 10.9. The monoisotopic (exact) mass is 215 g/mol. The zero-order chi connectivity index (χ0) is 11.7. The summed E-state index contributed by atoms with van der Waals surface area (Å²) >= 11 is 0. The minimum Gasteiger partial charge on any atom is -0.326 e. The minimum atomic E-state index is 0.585. The maximum absolute atomic E-state index is 5.58. The van der Waals surface area contributed by atoms with Crippen LogP contribution in [0.1, 0.15) is 22.8 Å². The fourth-order valence-electron chi connectivity index (χ4n) is 1.94. The molecule has 0 saturated carbocycles. The van der Waals surface area contributed by atoms with Gasteiger partial charge in [-0.05, 0) is 38.5 Å². The number of imidazole rings is 1. The van der Waals surface area contributed by atoms with Crippen molar-refractivity contribution < 1.29 is 0 Å². The zero-order valence-electron chi connectivity index (χ0n) is 9.99. The molecule has 0 unspecified atom stereocenters. The second-order valence-electron chi connectivity index (χ2n) is 4.04.